The van der Waals surface area contributed by atoms with Gasteiger partial charge in [0, 0.05) is 40.2 Å². The molecule has 0 amide bonds. The molecule has 1 aromatic carbocycles. The Morgan fingerprint density at radius 3 is 1.80 bits per heavy atom. The van der Waals surface area contributed by atoms with Crippen LogP contribution in [0.25, 0.3) is 11.3 Å². The van der Waals surface area contributed by atoms with Crippen molar-refractivity contribution in [2.75, 3.05) is 6.61 Å². The lowest BCUT2D eigenvalue weighted by molar-refractivity contribution is -0.270. The fraction of sp³-hybridized carbons (Fsp3) is 0.717. The van der Waals surface area contributed by atoms with Gasteiger partial charge in [-0.3, -0.25) is 24.0 Å². The summed E-state index contributed by atoms with van der Waals surface area (Å²) in [5.74, 6) is -2.36. The predicted molar refractivity (Wildman–Crippen MR) is 226 cm³/mol. The van der Waals surface area contributed by atoms with E-state index in [4.69, 9.17) is 33.2 Å². The van der Waals surface area contributed by atoms with Crippen LogP contribution in [0.15, 0.2) is 6.20 Å². The van der Waals surface area contributed by atoms with Gasteiger partial charge in [0.05, 0.1) is 11.8 Å². The van der Waals surface area contributed by atoms with Gasteiger partial charge in [-0.1, -0.05) is 95.6 Å². The summed E-state index contributed by atoms with van der Waals surface area (Å²) in [6, 6.07) is 0. The largest absolute Gasteiger partial charge is 0.487 e. The van der Waals surface area contributed by atoms with Crippen LogP contribution in [0.2, 0.25) is 0 Å². The van der Waals surface area contributed by atoms with E-state index in [1.54, 1.807) is 6.20 Å². The van der Waals surface area contributed by atoms with Crippen molar-refractivity contribution >= 4 is 29.8 Å². The molecule has 0 saturated carbocycles. The molecule has 0 aliphatic carbocycles. The number of ether oxygens (including phenoxy) is 7. The maximum atomic E-state index is 12.5. The Kier molecular flexibility index (Phi) is 19.0. The molecule has 1 fully saturated rings. The number of carbonyl (C=O) groups is 5. The van der Waals surface area contributed by atoms with E-state index in [2.05, 4.69) is 24.2 Å². The monoisotopic (exact) mass is 855 g/mol. The summed E-state index contributed by atoms with van der Waals surface area (Å²) in [5, 5.41) is 8.87. The molecule has 15 nitrogen and oxygen atoms in total. The summed E-state index contributed by atoms with van der Waals surface area (Å²) in [4.78, 5) is 61.5. The van der Waals surface area contributed by atoms with E-state index in [-0.39, 0.29) is 0 Å². The van der Waals surface area contributed by atoms with Crippen LogP contribution in [0.5, 0.6) is 11.5 Å². The van der Waals surface area contributed by atoms with Gasteiger partial charge in [0.15, 0.2) is 24.5 Å². The van der Waals surface area contributed by atoms with E-state index in [1.165, 1.54) is 103 Å². The molecule has 2 aromatic rings. The summed E-state index contributed by atoms with van der Waals surface area (Å²) < 4.78 is 42.4. The highest BCUT2D eigenvalue weighted by atomic mass is 16.7. The fourth-order valence-corrected chi connectivity index (χ4v) is 8.41. The number of hydrogen-bond acceptors (Lipinski definition) is 14. The van der Waals surface area contributed by atoms with E-state index < -0.39 is 72.7 Å². The number of nitrogens with zero attached hydrogens (tertiary/aromatic N) is 3. The molecule has 2 aliphatic rings. The molecule has 0 bridgehead atoms. The number of esters is 5. The van der Waals surface area contributed by atoms with Crippen molar-refractivity contribution in [1.29, 1.82) is 0 Å². The molecule has 61 heavy (non-hydrogen) atoms. The minimum absolute atomic E-state index is 0.308. The zero-order valence-corrected chi connectivity index (χ0v) is 37.9. The minimum atomic E-state index is -1.39. The molecule has 3 heterocycles. The lowest BCUT2D eigenvalue weighted by Gasteiger charge is -2.44. The van der Waals surface area contributed by atoms with Crippen LogP contribution < -0.4 is 9.47 Å². The number of aromatic nitrogens is 3. The Labute approximate surface area is 361 Å². The molecule has 0 N–H and O–H groups in total. The molecule has 340 valence electrons. The quantitative estimate of drug-likeness (QED) is 0.0448. The standard InChI is InChI=1S/C46H69N3O12/c1-10-11-12-13-14-15-16-17-18-19-20-21-22-23-25-46(9)26-24-36-39(41(56-32(5)51)30(3)29(2)40(36)61-46)37-27-49(48-47-37)45-44(59-35(8)54)43(58-34(7)53)42(57-33(6)52)38(60-45)28-55-31(4)50/h27,38,42-45H,10-26,28H2,1-9H3/t38-,42-,43+,44-,45+,46?/m1/s1. The van der Waals surface area contributed by atoms with Crippen LogP contribution in [0.1, 0.15) is 174 Å². The Morgan fingerprint density at radius 2 is 1.26 bits per heavy atom. The smallest absolute Gasteiger partial charge is 0.308 e. The molecular formula is C46H69N3O12. The molecule has 2 aliphatic heterocycles. The number of carbonyl (C=O) groups excluding carboxylic acids is 5. The molecule has 6 atom stereocenters. The zero-order chi connectivity index (χ0) is 44.7. The van der Waals surface area contributed by atoms with Crippen molar-refractivity contribution < 1.29 is 57.1 Å². The molecule has 15 heteroatoms. The van der Waals surface area contributed by atoms with Crippen LogP contribution >= 0.6 is 0 Å². The number of unbranched alkanes of at least 4 members (excludes halogenated alkanes) is 13. The second kappa shape index (κ2) is 23.6. The molecular weight excluding hydrogens is 787 g/mol. The number of fused-ring (bicyclic) bond motifs is 1. The molecule has 0 spiro atoms. The van der Waals surface area contributed by atoms with E-state index in [0.29, 0.717) is 34.7 Å². The van der Waals surface area contributed by atoms with Gasteiger partial charge in [-0.25, -0.2) is 4.68 Å². The van der Waals surface area contributed by atoms with Gasteiger partial charge < -0.3 is 33.2 Å². The van der Waals surface area contributed by atoms with Crippen LogP contribution in [0.3, 0.4) is 0 Å². The van der Waals surface area contributed by atoms with E-state index in [0.717, 1.165) is 50.7 Å². The first-order chi connectivity index (χ1) is 29.0. The average molecular weight is 856 g/mol. The van der Waals surface area contributed by atoms with Crippen molar-refractivity contribution in [2.45, 2.75) is 208 Å². The van der Waals surface area contributed by atoms with E-state index in [1.807, 2.05) is 13.8 Å². The maximum Gasteiger partial charge on any atom is 0.308 e. The number of hydrogen-bond donors (Lipinski definition) is 0. The van der Waals surface area contributed by atoms with Gasteiger partial charge in [0.2, 0.25) is 0 Å². The molecule has 1 aromatic heterocycles. The van der Waals surface area contributed by atoms with E-state index in [9.17, 15) is 24.0 Å². The summed E-state index contributed by atoms with van der Waals surface area (Å²) in [6.45, 7) is 13.9. The van der Waals surface area contributed by atoms with Crippen molar-refractivity contribution in [2.24, 2.45) is 0 Å². The van der Waals surface area contributed by atoms with Crippen LogP contribution in [0.4, 0.5) is 0 Å². The highest BCUT2D eigenvalue weighted by molar-refractivity contribution is 5.82. The third-order valence-corrected chi connectivity index (χ3v) is 11.6. The summed E-state index contributed by atoms with van der Waals surface area (Å²) in [7, 11) is 0. The maximum absolute atomic E-state index is 12.5. The number of benzene rings is 1. The van der Waals surface area contributed by atoms with E-state index >= 15 is 0 Å². The lowest BCUT2D eigenvalue weighted by Crippen LogP contribution is -2.60. The SMILES string of the molecule is CCCCCCCCCCCCCCCCC1(C)CCc2c(c(C)c(C)c(OC(C)=O)c2-c2cn([C@H]3O[C@H](COC(C)=O)[C@@H](OC(C)=O)[C@H](OC(C)=O)[C@H]3OC(C)=O)nn2)O1. The molecule has 0 radical (unpaired) electrons. The average Bonchev–Trinajstić information content (AvgIpc) is 3.67. The first-order valence-electron chi connectivity index (χ1n) is 22.3. The van der Waals surface area contributed by atoms with Gasteiger partial charge in [-0.2, -0.15) is 0 Å². The van der Waals surface area contributed by atoms with Gasteiger partial charge in [-0.15, -0.1) is 5.10 Å². The van der Waals surface area contributed by atoms with Crippen molar-refractivity contribution in [3.05, 3.63) is 22.9 Å². The number of rotatable bonds is 23. The van der Waals surface area contributed by atoms with Gasteiger partial charge >= 0.3 is 29.8 Å². The third-order valence-electron chi connectivity index (χ3n) is 11.6. The van der Waals surface area contributed by atoms with Crippen LogP contribution in [-0.4, -0.2) is 81.5 Å². The second-order valence-electron chi connectivity index (χ2n) is 16.9. The topological polar surface area (TPSA) is 181 Å². The Hall–Kier alpha value is -4.53. The predicted octanol–water partition coefficient (Wildman–Crippen LogP) is 8.70. The van der Waals surface area contributed by atoms with Crippen molar-refractivity contribution in [3.8, 4) is 22.8 Å². The van der Waals surface area contributed by atoms with Crippen LogP contribution in [0, 0.1) is 13.8 Å². The zero-order valence-electron chi connectivity index (χ0n) is 37.9. The fourth-order valence-electron chi connectivity index (χ4n) is 8.41. The van der Waals surface area contributed by atoms with Gasteiger partial charge in [0.25, 0.3) is 0 Å². The Balaban J connectivity index is 1.56. The summed E-state index contributed by atoms with van der Waals surface area (Å²) >= 11 is 0. The molecule has 4 rings (SSSR count). The minimum Gasteiger partial charge on any atom is -0.487 e. The lowest BCUT2D eigenvalue weighted by atomic mass is 9.83. The summed E-state index contributed by atoms with van der Waals surface area (Å²) in [6.07, 6.45) is 15.3. The normalized spacial score (nSPS) is 22.1. The Morgan fingerprint density at radius 1 is 0.721 bits per heavy atom. The van der Waals surface area contributed by atoms with Crippen molar-refractivity contribution in [3.63, 3.8) is 0 Å². The van der Waals surface area contributed by atoms with Crippen LogP contribution in [-0.2, 0) is 54.1 Å². The van der Waals surface area contributed by atoms with Gasteiger partial charge in [0.1, 0.15) is 35.5 Å². The first kappa shape index (κ1) is 49.1. The Bertz CT molecular complexity index is 1810. The molecule has 1 saturated heterocycles. The van der Waals surface area contributed by atoms with Crippen molar-refractivity contribution in [1.82, 2.24) is 15.0 Å². The second-order valence-corrected chi connectivity index (χ2v) is 16.9. The third kappa shape index (κ3) is 14.3. The highest BCUT2D eigenvalue weighted by Gasteiger charge is 2.53. The van der Waals surface area contributed by atoms with Gasteiger partial charge in [-0.05, 0) is 57.6 Å². The highest BCUT2D eigenvalue weighted by Crippen LogP contribution is 2.49. The molecule has 1 unspecified atom stereocenters. The first-order valence-corrected chi connectivity index (χ1v) is 22.3. The summed E-state index contributed by atoms with van der Waals surface area (Å²) in [5.41, 5.74) is 2.80.